The van der Waals surface area contributed by atoms with Gasteiger partial charge in [0.25, 0.3) is 0 Å². The van der Waals surface area contributed by atoms with Gasteiger partial charge in [-0.05, 0) is 26.2 Å². The van der Waals surface area contributed by atoms with Crippen LogP contribution in [0.15, 0.2) is 0 Å². The van der Waals surface area contributed by atoms with Crippen LogP contribution in [-0.2, 0) is 4.79 Å². The number of carbonyl (C=O) groups excluding carboxylic acids is 1. The normalized spacial score (nSPS) is 12.6. The number of hydrogen-bond donors (Lipinski definition) is 1. The minimum Gasteiger partial charge on any atom is -0.393 e. The van der Waals surface area contributed by atoms with Crippen molar-refractivity contribution in [1.82, 2.24) is 4.90 Å². The van der Waals surface area contributed by atoms with Crippen LogP contribution in [0.1, 0.15) is 46.5 Å². The van der Waals surface area contributed by atoms with E-state index in [2.05, 4.69) is 13.8 Å². The highest BCUT2D eigenvalue weighted by molar-refractivity contribution is 5.76. The molecule has 0 aliphatic rings. The Morgan fingerprint density at radius 3 is 2.14 bits per heavy atom. The third-order valence-electron chi connectivity index (χ3n) is 2.12. The molecule has 0 fully saturated rings. The van der Waals surface area contributed by atoms with Crippen molar-refractivity contribution < 1.29 is 9.90 Å². The van der Waals surface area contributed by atoms with E-state index in [9.17, 15) is 4.79 Å². The van der Waals surface area contributed by atoms with Gasteiger partial charge >= 0.3 is 0 Å². The van der Waals surface area contributed by atoms with Gasteiger partial charge in [0, 0.05) is 19.5 Å². The van der Waals surface area contributed by atoms with Gasteiger partial charge in [-0.1, -0.05) is 13.8 Å². The Morgan fingerprint density at radius 2 is 1.79 bits per heavy atom. The van der Waals surface area contributed by atoms with Crippen LogP contribution in [0.25, 0.3) is 0 Å². The van der Waals surface area contributed by atoms with Gasteiger partial charge in [0.1, 0.15) is 0 Å². The average molecular weight is 201 g/mol. The lowest BCUT2D eigenvalue weighted by Crippen LogP contribution is -2.32. The van der Waals surface area contributed by atoms with Crippen molar-refractivity contribution in [2.24, 2.45) is 0 Å². The van der Waals surface area contributed by atoms with Crippen LogP contribution >= 0.6 is 0 Å². The van der Waals surface area contributed by atoms with Crippen LogP contribution in [0.5, 0.6) is 0 Å². The van der Waals surface area contributed by atoms with Crippen molar-refractivity contribution in [2.45, 2.75) is 52.6 Å². The maximum Gasteiger partial charge on any atom is 0.222 e. The summed E-state index contributed by atoms with van der Waals surface area (Å²) in [6, 6.07) is 0. The number of aliphatic hydroxyl groups is 1. The number of nitrogens with zero attached hydrogens (tertiary/aromatic N) is 1. The van der Waals surface area contributed by atoms with Crippen molar-refractivity contribution in [2.75, 3.05) is 13.1 Å². The van der Waals surface area contributed by atoms with Gasteiger partial charge in [0.15, 0.2) is 0 Å². The smallest absolute Gasteiger partial charge is 0.222 e. The van der Waals surface area contributed by atoms with Crippen molar-refractivity contribution in [3.63, 3.8) is 0 Å². The fourth-order valence-electron chi connectivity index (χ4n) is 1.39. The second kappa shape index (κ2) is 7.80. The zero-order valence-electron chi connectivity index (χ0n) is 9.62. The lowest BCUT2D eigenvalue weighted by molar-refractivity contribution is -0.131. The van der Waals surface area contributed by atoms with Gasteiger partial charge in [0.2, 0.25) is 5.91 Å². The van der Waals surface area contributed by atoms with E-state index in [-0.39, 0.29) is 12.0 Å². The number of rotatable bonds is 7. The number of carbonyl (C=O) groups is 1. The molecule has 0 spiro atoms. The summed E-state index contributed by atoms with van der Waals surface area (Å²) in [6.45, 7) is 7.55. The predicted octanol–water partition coefficient (Wildman–Crippen LogP) is 1.80. The van der Waals surface area contributed by atoms with Gasteiger partial charge in [-0.2, -0.15) is 0 Å². The summed E-state index contributed by atoms with van der Waals surface area (Å²) in [4.78, 5) is 13.5. The number of aliphatic hydroxyl groups excluding tert-OH is 1. The first kappa shape index (κ1) is 13.4. The minimum atomic E-state index is -0.371. The molecule has 0 aliphatic heterocycles. The summed E-state index contributed by atoms with van der Waals surface area (Å²) >= 11 is 0. The summed E-state index contributed by atoms with van der Waals surface area (Å²) < 4.78 is 0. The average Bonchev–Trinajstić information content (AvgIpc) is 2.14. The molecule has 3 heteroatoms. The minimum absolute atomic E-state index is 0.176. The maximum absolute atomic E-state index is 11.6. The highest BCUT2D eigenvalue weighted by Crippen LogP contribution is 2.03. The fourth-order valence-corrected chi connectivity index (χ4v) is 1.39. The van der Waals surface area contributed by atoms with Crippen LogP contribution in [0.3, 0.4) is 0 Å². The molecule has 1 N–H and O–H groups in total. The zero-order valence-corrected chi connectivity index (χ0v) is 9.62. The second-order valence-corrected chi connectivity index (χ2v) is 3.77. The first-order chi connectivity index (χ1) is 6.61. The zero-order chi connectivity index (χ0) is 11.0. The van der Waals surface area contributed by atoms with E-state index in [1.54, 1.807) is 6.92 Å². The third-order valence-corrected chi connectivity index (χ3v) is 2.12. The Labute approximate surface area is 87.1 Å². The first-order valence-corrected chi connectivity index (χ1v) is 5.57. The molecule has 1 amide bonds. The van der Waals surface area contributed by atoms with E-state index < -0.39 is 0 Å². The van der Waals surface area contributed by atoms with E-state index in [4.69, 9.17) is 5.11 Å². The van der Waals surface area contributed by atoms with Gasteiger partial charge in [-0.3, -0.25) is 4.79 Å². The van der Waals surface area contributed by atoms with E-state index in [1.807, 2.05) is 4.90 Å². The lowest BCUT2D eigenvalue weighted by atomic mass is 10.2. The van der Waals surface area contributed by atoms with Gasteiger partial charge in [-0.15, -0.1) is 0 Å². The van der Waals surface area contributed by atoms with Crippen molar-refractivity contribution >= 4 is 5.91 Å². The quantitative estimate of drug-likeness (QED) is 0.682. The molecule has 3 nitrogen and oxygen atoms in total. The van der Waals surface area contributed by atoms with Crippen LogP contribution in [0.4, 0.5) is 0 Å². The SMILES string of the molecule is CCCN(CCC)C(=O)CCC(C)O. The third kappa shape index (κ3) is 5.97. The summed E-state index contributed by atoms with van der Waals surface area (Å²) in [5, 5.41) is 9.07. The highest BCUT2D eigenvalue weighted by atomic mass is 16.3. The largest absolute Gasteiger partial charge is 0.393 e. The summed E-state index contributed by atoms with van der Waals surface area (Å²) in [6.07, 6.45) is 2.67. The summed E-state index contributed by atoms with van der Waals surface area (Å²) in [5.74, 6) is 0.176. The van der Waals surface area contributed by atoms with Gasteiger partial charge in [-0.25, -0.2) is 0 Å². The van der Waals surface area contributed by atoms with Crippen molar-refractivity contribution in [1.29, 1.82) is 0 Å². The Balaban J connectivity index is 3.88. The molecular formula is C11H23NO2. The molecular weight excluding hydrogens is 178 g/mol. The Morgan fingerprint density at radius 1 is 1.29 bits per heavy atom. The van der Waals surface area contributed by atoms with Crippen LogP contribution < -0.4 is 0 Å². The predicted molar refractivity (Wildman–Crippen MR) is 58.1 cm³/mol. The van der Waals surface area contributed by atoms with Crippen LogP contribution in [0.2, 0.25) is 0 Å². The van der Waals surface area contributed by atoms with E-state index in [0.29, 0.717) is 12.8 Å². The van der Waals surface area contributed by atoms with Crippen molar-refractivity contribution in [3.05, 3.63) is 0 Å². The maximum atomic E-state index is 11.6. The molecule has 0 radical (unpaired) electrons. The molecule has 0 heterocycles. The monoisotopic (exact) mass is 201 g/mol. The van der Waals surface area contributed by atoms with Crippen LogP contribution in [0, 0.1) is 0 Å². The molecule has 0 rings (SSSR count). The lowest BCUT2D eigenvalue weighted by Gasteiger charge is -2.21. The molecule has 14 heavy (non-hydrogen) atoms. The molecule has 0 aromatic rings. The topological polar surface area (TPSA) is 40.5 Å². The molecule has 0 aromatic heterocycles. The summed E-state index contributed by atoms with van der Waals surface area (Å²) in [7, 11) is 0. The van der Waals surface area contributed by atoms with E-state index in [1.165, 1.54) is 0 Å². The first-order valence-electron chi connectivity index (χ1n) is 5.57. The number of amides is 1. The van der Waals surface area contributed by atoms with E-state index in [0.717, 1.165) is 25.9 Å². The van der Waals surface area contributed by atoms with Gasteiger partial charge < -0.3 is 10.0 Å². The molecule has 0 saturated heterocycles. The molecule has 0 bridgehead atoms. The highest BCUT2D eigenvalue weighted by Gasteiger charge is 2.11. The Kier molecular flexibility index (Phi) is 7.48. The Hall–Kier alpha value is -0.570. The molecule has 0 aliphatic carbocycles. The van der Waals surface area contributed by atoms with Crippen molar-refractivity contribution in [3.8, 4) is 0 Å². The van der Waals surface area contributed by atoms with E-state index >= 15 is 0 Å². The molecule has 0 saturated carbocycles. The molecule has 1 atom stereocenters. The van der Waals surface area contributed by atoms with Crippen LogP contribution in [-0.4, -0.2) is 35.1 Å². The standard InChI is InChI=1S/C11H23NO2/c1-4-8-12(9-5-2)11(14)7-6-10(3)13/h10,13H,4-9H2,1-3H3. The second-order valence-electron chi connectivity index (χ2n) is 3.77. The van der Waals surface area contributed by atoms with Gasteiger partial charge in [0.05, 0.1) is 6.10 Å². The Bertz CT molecular complexity index is 151. The molecule has 84 valence electrons. The molecule has 0 aromatic carbocycles. The molecule has 1 unspecified atom stereocenters. The summed E-state index contributed by atoms with van der Waals surface area (Å²) in [5.41, 5.74) is 0. The fraction of sp³-hybridized carbons (Fsp3) is 0.909. The number of hydrogen-bond acceptors (Lipinski definition) is 2.